The number of allylic oxidation sites excluding steroid dienone is 2. The monoisotopic (exact) mass is 167 g/mol. The molecule has 1 aliphatic rings. The van der Waals surface area contributed by atoms with Crippen LogP contribution < -0.4 is 5.43 Å². The van der Waals surface area contributed by atoms with Crippen molar-refractivity contribution < 1.29 is 4.79 Å². The van der Waals surface area contributed by atoms with Crippen molar-refractivity contribution in [3.8, 4) is 0 Å². The fraction of sp³-hybridized carbons (Fsp3) is 0.500. The molecule has 66 valence electrons. The first-order valence-electron chi connectivity index (χ1n) is 3.93. The minimum atomic E-state index is 0.0520. The number of nitrogens with one attached hydrogen (secondary N) is 1. The number of rotatable bonds is 2. The summed E-state index contributed by atoms with van der Waals surface area (Å²) in [6, 6.07) is 0. The number of carbonyl (C=O) groups is 1. The van der Waals surface area contributed by atoms with Crippen LogP contribution in [0.25, 0.3) is 0 Å². The molecule has 0 radical (unpaired) electrons. The van der Waals surface area contributed by atoms with E-state index in [4.69, 9.17) is 0 Å². The number of hydrazone groups is 1. The minimum absolute atomic E-state index is 0.0520. The second kappa shape index (κ2) is 3.38. The van der Waals surface area contributed by atoms with Gasteiger partial charge in [0.2, 0.25) is 0 Å². The molecular weight excluding hydrogens is 154 g/mol. The summed E-state index contributed by atoms with van der Waals surface area (Å²) in [5.41, 5.74) is 4.60. The van der Waals surface area contributed by atoms with E-state index >= 15 is 0 Å². The number of hydrogen-bond acceptors (Lipinski definition) is 4. The van der Waals surface area contributed by atoms with Crippen molar-refractivity contribution in [1.82, 2.24) is 10.5 Å². The summed E-state index contributed by atoms with van der Waals surface area (Å²) in [6.45, 7) is 3.54. The molecule has 0 unspecified atom stereocenters. The zero-order chi connectivity index (χ0) is 9.14. The van der Waals surface area contributed by atoms with Crippen LogP contribution >= 0.6 is 0 Å². The van der Waals surface area contributed by atoms with Crippen LogP contribution in [0.3, 0.4) is 0 Å². The van der Waals surface area contributed by atoms with Gasteiger partial charge in [-0.2, -0.15) is 5.10 Å². The van der Waals surface area contributed by atoms with Crippen LogP contribution in [0, 0.1) is 0 Å². The van der Waals surface area contributed by atoms with E-state index < -0.39 is 0 Å². The first kappa shape index (κ1) is 8.77. The Balaban J connectivity index is 2.93. The summed E-state index contributed by atoms with van der Waals surface area (Å²) < 4.78 is 0. The fourth-order valence-electron chi connectivity index (χ4n) is 1.08. The maximum Gasteiger partial charge on any atom is 0.163 e. The van der Waals surface area contributed by atoms with Gasteiger partial charge < -0.3 is 0 Å². The lowest BCUT2D eigenvalue weighted by molar-refractivity contribution is -0.113. The number of nitrogens with zero attached hydrogens (tertiary/aromatic N) is 2. The van der Waals surface area contributed by atoms with Crippen LogP contribution in [0.2, 0.25) is 0 Å². The Bertz CT molecular complexity index is 255. The van der Waals surface area contributed by atoms with Gasteiger partial charge in [0.25, 0.3) is 0 Å². The predicted octanol–water partition coefficient (Wildman–Crippen LogP) is 0.675. The molecule has 0 saturated carbocycles. The molecule has 4 nitrogen and oxygen atoms in total. The SMILES string of the molecule is CCC1=C(C(C)=O)C=NN(C)N1. The van der Waals surface area contributed by atoms with Crippen LogP contribution in [-0.2, 0) is 4.79 Å². The Morgan fingerprint density at radius 3 is 2.92 bits per heavy atom. The van der Waals surface area contributed by atoms with Gasteiger partial charge in [0, 0.05) is 12.7 Å². The van der Waals surface area contributed by atoms with Crippen LogP contribution in [0.5, 0.6) is 0 Å². The molecular formula is C8H13N3O. The van der Waals surface area contributed by atoms with E-state index in [-0.39, 0.29) is 5.78 Å². The predicted molar refractivity (Wildman–Crippen MR) is 47.4 cm³/mol. The molecule has 0 spiro atoms. The number of ketones is 1. The van der Waals surface area contributed by atoms with E-state index in [0.29, 0.717) is 5.57 Å². The zero-order valence-corrected chi connectivity index (χ0v) is 7.59. The van der Waals surface area contributed by atoms with Crippen LogP contribution in [-0.4, -0.2) is 24.2 Å². The van der Waals surface area contributed by atoms with Crippen molar-refractivity contribution in [3.63, 3.8) is 0 Å². The maximum atomic E-state index is 11.1. The van der Waals surface area contributed by atoms with Gasteiger partial charge in [-0.3, -0.25) is 10.2 Å². The highest BCUT2D eigenvalue weighted by Crippen LogP contribution is 2.09. The summed E-state index contributed by atoms with van der Waals surface area (Å²) in [5.74, 6) is 0.0520. The van der Waals surface area contributed by atoms with Crippen LogP contribution in [0.4, 0.5) is 0 Å². The molecule has 0 fully saturated rings. The average molecular weight is 167 g/mol. The van der Waals surface area contributed by atoms with Crippen molar-refractivity contribution >= 4 is 12.0 Å². The number of carbonyl (C=O) groups excluding carboxylic acids is 1. The molecule has 0 atom stereocenters. The summed E-state index contributed by atoms with van der Waals surface area (Å²) in [5, 5.41) is 5.54. The highest BCUT2D eigenvalue weighted by molar-refractivity contribution is 6.12. The fourth-order valence-corrected chi connectivity index (χ4v) is 1.08. The lowest BCUT2D eigenvalue weighted by Crippen LogP contribution is -2.34. The van der Waals surface area contributed by atoms with Gasteiger partial charge >= 0.3 is 0 Å². The summed E-state index contributed by atoms with van der Waals surface area (Å²) in [6.07, 6.45) is 2.41. The smallest absolute Gasteiger partial charge is 0.163 e. The minimum Gasteiger partial charge on any atom is -0.294 e. The third-order valence-corrected chi connectivity index (χ3v) is 1.71. The maximum absolute atomic E-state index is 11.1. The molecule has 4 heteroatoms. The van der Waals surface area contributed by atoms with Gasteiger partial charge in [0.15, 0.2) is 5.78 Å². The molecule has 1 rings (SSSR count). The Labute approximate surface area is 71.9 Å². The van der Waals surface area contributed by atoms with E-state index in [9.17, 15) is 4.79 Å². The first-order valence-corrected chi connectivity index (χ1v) is 3.93. The molecule has 0 saturated heterocycles. The zero-order valence-electron chi connectivity index (χ0n) is 7.59. The number of Topliss-reactive ketones (excluding diaryl/α,β-unsaturated/α-hetero) is 1. The molecule has 0 aromatic rings. The van der Waals surface area contributed by atoms with E-state index in [2.05, 4.69) is 10.5 Å². The molecule has 0 aromatic heterocycles. The lowest BCUT2D eigenvalue weighted by Gasteiger charge is -2.22. The highest BCUT2D eigenvalue weighted by Gasteiger charge is 2.12. The molecule has 12 heavy (non-hydrogen) atoms. The molecule has 1 aliphatic heterocycles. The summed E-state index contributed by atoms with van der Waals surface area (Å²) in [7, 11) is 1.79. The van der Waals surface area contributed by atoms with Crippen LogP contribution in [0.15, 0.2) is 16.4 Å². The van der Waals surface area contributed by atoms with Crippen LogP contribution in [0.1, 0.15) is 20.3 Å². The van der Waals surface area contributed by atoms with Crippen molar-refractivity contribution in [2.75, 3.05) is 7.05 Å². The van der Waals surface area contributed by atoms with Crippen molar-refractivity contribution in [3.05, 3.63) is 11.3 Å². The molecule has 1 N–H and O–H groups in total. The molecule has 0 amide bonds. The van der Waals surface area contributed by atoms with E-state index in [1.807, 2.05) is 6.92 Å². The molecule has 0 aromatic carbocycles. The highest BCUT2D eigenvalue weighted by atomic mass is 16.1. The number of hydrogen-bond donors (Lipinski definition) is 1. The van der Waals surface area contributed by atoms with E-state index in [1.165, 1.54) is 0 Å². The van der Waals surface area contributed by atoms with Gasteiger partial charge in [0.1, 0.15) is 0 Å². The van der Waals surface area contributed by atoms with Gasteiger partial charge in [-0.05, 0) is 13.3 Å². The topological polar surface area (TPSA) is 44.7 Å². The normalized spacial score (nSPS) is 16.4. The Morgan fingerprint density at radius 1 is 1.75 bits per heavy atom. The van der Waals surface area contributed by atoms with Crippen molar-refractivity contribution in [2.45, 2.75) is 20.3 Å². The van der Waals surface area contributed by atoms with Crippen molar-refractivity contribution in [2.24, 2.45) is 5.10 Å². The Kier molecular flexibility index (Phi) is 2.47. The number of hydrazine groups is 1. The summed E-state index contributed by atoms with van der Waals surface area (Å²) in [4.78, 5) is 11.1. The average Bonchev–Trinajstić information content (AvgIpc) is 2.03. The van der Waals surface area contributed by atoms with Gasteiger partial charge in [-0.1, -0.05) is 6.92 Å². The standard InChI is InChI=1S/C8H13N3O/c1-4-8-7(6(2)12)5-9-11(3)10-8/h5,10H,4H2,1-3H3. The second-order valence-electron chi connectivity index (χ2n) is 2.68. The molecule has 0 bridgehead atoms. The van der Waals surface area contributed by atoms with Gasteiger partial charge in [-0.15, -0.1) is 0 Å². The van der Waals surface area contributed by atoms with E-state index in [0.717, 1.165) is 12.1 Å². The Hall–Kier alpha value is -1.32. The Morgan fingerprint density at radius 2 is 2.42 bits per heavy atom. The van der Waals surface area contributed by atoms with Gasteiger partial charge in [-0.25, -0.2) is 5.12 Å². The lowest BCUT2D eigenvalue weighted by atomic mass is 10.1. The third kappa shape index (κ3) is 1.64. The van der Waals surface area contributed by atoms with Crippen molar-refractivity contribution in [1.29, 1.82) is 0 Å². The molecule has 1 heterocycles. The summed E-state index contributed by atoms with van der Waals surface area (Å²) >= 11 is 0. The quantitative estimate of drug-likeness (QED) is 0.657. The molecule has 0 aliphatic carbocycles. The first-order chi connectivity index (χ1) is 5.65. The third-order valence-electron chi connectivity index (χ3n) is 1.71. The van der Waals surface area contributed by atoms with E-state index in [1.54, 1.807) is 25.3 Å². The van der Waals surface area contributed by atoms with Gasteiger partial charge in [0.05, 0.1) is 11.8 Å². The second-order valence-corrected chi connectivity index (χ2v) is 2.68. The largest absolute Gasteiger partial charge is 0.294 e.